The van der Waals surface area contributed by atoms with Crippen LogP contribution >= 0.6 is 0 Å². The number of benzene rings is 8. The summed E-state index contributed by atoms with van der Waals surface area (Å²) in [6.45, 7) is 9.46. The van der Waals surface area contributed by atoms with E-state index in [0.717, 1.165) is 17.1 Å². The lowest BCUT2D eigenvalue weighted by Crippen LogP contribution is -2.26. The molecule has 268 valence electrons. The Morgan fingerprint density at radius 2 is 0.946 bits per heavy atom. The molecule has 11 rings (SSSR count). The molecule has 0 saturated heterocycles. The van der Waals surface area contributed by atoms with Crippen molar-refractivity contribution in [3.8, 4) is 39.1 Å². The maximum atomic E-state index is 2.51. The molecule has 2 heteroatoms. The second kappa shape index (κ2) is 11.9. The average molecular weight is 719 g/mol. The summed E-state index contributed by atoms with van der Waals surface area (Å²) in [5.74, 6) is 0. The Kier molecular flexibility index (Phi) is 6.98. The van der Waals surface area contributed by atoms with Crippen LogP contribution in [0.2, 0.25) is 0 Å². The van der Waals surface area contributed by atoms with E-state index in [0.29, 0.717) is 0 Å². The van der Waals surface area contributed by atoms with Crippen molar-refractivity contribution >= 4 is 38.9 Å². The van der Waals surface area contributed by atoms with Crippen LogP contribution in [0.3, 0.4) is 0 Å². The van der Waals surface area contributed by atoms with Gasteiger partial charge in [-0.3, -0.25) is 0 Å². The summed E-state index contributed by atoms with van der Waals surface area (Å²) in [7, 11) is 0. The molecular weight excluding hydrogens is 677 g/mol. The van der Waals surface area contributed by atoms with Crippen LogP contribution in [0.15, 0.2) is 182 Å². The van der Waals surface area contributed by atoms with Gasteiger partial charge in [0.1, 0.15) is 0 Å². The van der Waals surface area contributed by atoms with Crippen LogP contribution in [0.1, 0.15) is 49.9 Å². The van der Waals surface area contributed by atoms with Gasteiger partial charge in [0, 0.05) is 38.7 Å². The standard InChI is InChI=1S/C54H42N2/c1-53(2)46-20-12-11-19-42(46)43-29-25-37(32-48(43)53)36-23-26-40(27-24-36)55(39-17-9-6-10-18-39)41-28-30-50-44(34-41)45-31-38(35-15-7-5-8-16-35)33-49-52(45)56(50)51-22-14-13-21-47(51)54(49,3)4/h5-34H,1-4H3. The molecule has 0 saturated carbocycles. The summed E-state index contributed by atoms with van der Waals surface area (Å²) >= 11 is 0. The first-order chi connectivity index (χ1) is 27.3. The molecule has 0 amide bonds. The van der Waals surface area contributed by atoms with E-state index >= 15 is 0 Å². The zero-order valence-electron chi connectivity index (χ0n) is 32.2. The second-order valence-electron chi connectivity index (χ2n) is 16.6. The van der Waals surface area contributed by atoms with Gasteiger partial charge < -0.3 is 9.47 Å². The molecule has 0 spiro atoms. The lowest BCUT2D eigenvalue weighted by atomic mass is 9.74. The zero-order chi connectivity index (χ0) is 37.8. The second-order valence-corrected chi connectivity index (χ2v) is 16.6. The first kappa shape index (κ1) is 32.8. The van der Waals surface area contributed by atoms with Crippen LogP contribution < -0.4 is 4.90 Å². The minimum absolute atomic E-state index is 0.0340. The maximum Gasteiger partial charge on any atom is 0.0582 e. The van der Waals surface area contributed by atoms with E-state index in [4.69, 9.17) is 0 Å². The summed E-state index contributed by atoms with van der Waals surface area (Å²) in [6.07, 6.45) is 0. The number of hydrogen-bond acceptors (Lipinski definition) is 1. The van der Waals surface area contributed by atoms with E-state index in [1.165, 1.54) is 83.1 Å². The third kappa shape index (κ3) is 4.69. The predicted octanol–water partition coefficient (Wildman–Crippen LogP) is 14.5. The van der Waals surface area contributed by atoms with Crippen molar-refractivity contribution in [2.24, 2.45) is 0 Å². The third-order valence-electron chi connectivity index (χ3n) is 12.8. The fraction of sp³-hybridized carbons (Fsp3) is 0.111. The Hall–Kier alpha value is -6.64. The molecule has 0 unspecified atom stereocenters. The van der Waals surface area contributed by atoms with Crippen molar-refractivity contribution in [1.29, 1.82) is 0 Å². The highest BCUT2D eigenvalue weighted by molar-refractivity contribution is 6.14. The van der Waals surface area contributed by atoms with Crippen molar-refractivity contribution in [3.05, 3.63) is 204 Å². The topological polar surface area (TPSA) is 8.17 Å². The fourth-order valence-corrected chi connectivity index (χ4v) is 9.85. The van der Waals surface area contributed by atoms with Gasteiger partial charge in [0.25, 0.3) is 0 Å². The largest absolute Gasteiger partial charge is 0.310 e. The SMILES string of the molecule is CC1(C)c2ccccc2-c2ccc(-c3ccc(N(c4ccccc4)c4ccc5c(c4)c4cc(-c6ccccc6)cc6c4n5-c4ccccc4C6(C)C)cc3)cc21. The Morgan fingerprint density at radius 1 is 0.375 bits per heavy atom. The van der Waals surface area contributed by atoms with Crippen molar-refractivity contribution < 1.29 is 0 Å². The van der Waals surface area contributed by atoms with Crippen LogP contribution in [-0.4, -0.2) is 4.57 Å². The molecule has 1 aliphatic carbocycles. The lowest BCUT2D eigenvalue weighted by Gasteiger charge is -2.35. The van der Waals surface area contributed by atoms with Crippen molar-refractivity contribution in [2.75, 3.05) is 4.90 Å². The van der Waals surface area contributed by atoms with Crippen LogP contribution in [0.5, 0.6) is 0 Å². The van der Waals surface area contributed by atoms with Crippen LogP contribution in [0.25, 0.3) is 60.9 Å². The van der Waals surface area contributed by atoms with Gasteiger partial charge in [0.15, 0.2) is 0 Å². The molecule has 0 N–H and O–H groups in total. The van der Waals surface area contributed by atoms with Gasteiger partial charge in [-0.25, -0.2) is 0 Å². The third-order valence-corrected chi connectivity index (χ3v) is 12.8. The Balaban J connectivity index is 1.07. The molecule has 0 fully saturated rings. The highest BCUT2D eigenvalue weighted by Crippen LogP contribution is 2.51. The normalized spacial score (nSPS) is 14.4. The van der Waals surface area contributed by atoms with Crippen molar-refractivity contribution in [3.63, 3.8) is 0 Å². The molecule has 2 heterocycles. The zero-order valence-corrected chi connectivity index (χ0v) is 32.2. The molecule has 1 aromatic heterocycles. The molecule has 56 heavy (non-hydrogen) atoms. The number of nitrogens with zero attached hydrogens (tertiary/aromatic N) is 2. The van der Waals surface area contributed by atoms with E-state index in [-0.39, 0.29) is 10.8 Å². The first-order valence-corrected chi connectivity index (χ1v) is 19.8. The number of aromatic nitrogens is 1. The van der Waals surface area contributed by atoms with E-state index in [1.54, 1.807) is 0 Å². The number of para-hydroxylation sites is 2. The van der Waals surface area contributed by atoms with E-state index in [9.17, 15) is 0 Å². The Bertz CT molecular complexity index is 3000. The summed E-state index contributed by atoms with van der Waals surface area (Å²) in [5, 5.41) is 2.54. The monoisotopic (exact) mass is 718 g/mol. The lowest BCUT2D eigenvalue weighted by molar-refractivity contribution is 0.630. The molecule has 9 aromatic rings. The van der Waals surface area contributed by atoms with Gasteiger partial charge in [-0.2, -0.15) is 0 Å². The quantitative estimate of drug-likeness (QED) is 0.172. The van der Waals surface area contributed by atoms with Gasteiger partial charge in [-0.15, -0.1) is 0 Å². The number of hydrogen-bond donors (Lipinski definition) is 0. The van der Waals surface area contributed by atoms with Crippen molar-refractivity contribution in [1.82, 2.24) is 4.57 Å². The van der Waals surface area contributed by atoms with E-state index in [2.05, 4.69) is 219 Å². The molecule has 8 aromatic carbocycles. The summed E-state index contributed by atoms with van der Waals surface area (Å²) in [4.78, 5) is 2.40. The van der Waals surface area contributed by atoms with Crippen LogP contribution in [0.4, 0.5) is 17.1 Å². The van der Waals surface area contributed by atoms with E-state index < -0.39 is 0 Å². The number of anilines is 3. The first-order valence-electron chi connectivity index (χ1n) is 19.8. The van der Waals surface area contributed by atoms with E-state index in [1.807, 2.05) is 0 Å². The minimum Gasteiger partial charge on any atom is -0.310 e. The summed E-state index contributed by atoms with van der Waals surface area (Å²) in [5.41, 5.74) is 20.1. The van der Waals surface area contributed by atoms with Crippen LogP contribution in [-0.2, 0) is 10.8 Å². The van der Waals surface area contributed by atoms with Gasteiger partial charge in [-0.05, 0) is 122 Å². The van der Waals surface area contributed by atoms with Gasteiger partial charge in [-0.1, -0.05) is 143 Å². The van der Waals surface area contributed by atoms with Crippen LogP contribution in [0, 0.1) is 0 Å². The highest BCUT2D eigenvalue weighted by Gasteiger charge is 2.37. The number of rotatable bonds is 5. The molecule has 2 nitrogen and oxygen atoms in total. The highest BCUT2D eigenvalue weighted by atomic mass is 15.1. The van der Waals surface area contributed by atoms with Gasteiger partial charge >= 0.3 is 0 Å². The van der Waals surface area contributed by atoms with Gasteiger partial charge in [0.2, 0.25) is 0 Å². The average Bonchev–Trinajstić information content (AvgIpc) is 3.69. The smallest absolute Gasteiger partial charge is 0.0582 e. The molecule has 0 bridgehead atoms. The fourth-order valence-electron chi connectivity index (χ4n) is 9.85. The molecule has 2 aliphatic rings. The Morgan fingerprint density at radius 3 is 1.73 bits per heavy atom. The maximum absolute atomic E-state index is 2.51. The summed E-state index contributed by atoms with van der Waals surface area (Å²) in [6, 6.07) is 67.4. The minimum atomic E-state index is -0.163. The molecule has 1 aliphatic heterocycles. The predicted molar refractivity (Wildman–Crippen MR) is 236 cm³/mol. The molecule has 0 atom stereocenters. The Labute approximate surface area is 328 Å². The number of fused-ring (bicyclic) bond motifs is 8. The summed E-state index contributed by atoms with van der Waals surface area (Å²) < 4.78 is 2.51. The molecule has 0 radical (unpaired) electrons. The van der Waals surface area contributed by atoms with Gasteiger partial charge in [0.05, 0.1) is 16.7 Å². The molecular formula is C54H42N2. The van der Waals surface area contributed by atoms with Crippen molar-refractivity contribution in [2.45, 2.75) is 38.5 Å².